The largest absolute Gasteiger partial charge is 0.416 e. The molecule has 0 amide bonds. The zero-order chi connectivity index (χ0) is 19.9. The molecule has 28 heavy (non-hydrogen) atoms. The number of rotatable bonds is 6. The van der Waals surface area contributed by atoms with Gasteiger partial charge in [-0.15, -0.1) is 24.0 Å². The van der Waals surface area contributed by atoms with Crippen molar-refractivity contribution in [2.24, 2.45) is 4.99 Å². The lowest BCUT2D eigenvalue weighted by molar-refractivity contribution is -0.137. The van der Waals surface area contributed by atoms with Crippen LogP contribution >= 0.6 is 24.0 Å². The molecule has 2 rings (SSSR count). The summed E-state index contributed by atoms with van der Waals surface area (Å²) in [5.41, 5.74) is 0.665. The van der Waals surface area contributed by atoms with Gasteiger partial charge in [-0.3, -0.25) is 0 Å². The lowest BCUT2D eigenvalue weighted by Gasteiger charge is -2.14. The van der Waals surface area contributed by atoms with Gasteiger partial charge in [0.05, 0.1) is 24.3 Å². The number of hydrogen-bond acceptors (Lipinski definition) is 3. The summed E-state index contributed by atoms with van der Waals surface area (Å²) in [5, 5.41) is 6.24. The smallest absolute Gasteiger partial charge is 0.363 e. The van der Waals surface area contributed by atoms with Crippen LogP contribution in [0.2, 0.25) is 0 Å². The quantitative estimate of drug-likeness (QED) is 0.352. The highest BCUT2D eigenvalue weighted by molar-refractivity contribution is 14.0. The second-order valence-electron chi connectivity index (χ2n) is 6.13. The average molecular weight is 507 g/mol. The van der Waals surface area contributed by atoms with Gasteiger partial charge in [-0.2, -0.15) is 13.2 Å². The molecule has 0 unspecified atom stereocenters. The van der Waals surface area contributed by atoms with Crippen molar-refractivity contribution in [1.29, 1.82) is 0 Å². The van der Waals surface area contributed by atoms with E-state index in [1.165, 1.54) is 6.07 Å². The number of pyridine rings is 1. The minimum absolute atomic E-state index is 0. The van der Waals surface area contributed by atoms with E-state index in [1.807, 2.05) is 44.1 Å². The standard InChI is InChI=1S/C19H24F3N5.HI/c1-4-23-18(25-13-16-9-6-10-17(26-16)27(2)3)24-12-14-7-5-8-15(11-14)19(20,21)22;/h5-11H,4,12-13H2,1-3H3,(H2,23,24,25);1H. The van der Waals surface area contributed by atoms with Crippen molar-refractivity contribution in [3.05, 3.63) is 59.3 Å². The summed E-state index contributed by atoms with van der Waals surface area (Å²) >= 11 is 0. The molecule has 0 saturated heterocycles. The van der Waals surface area contributed by atoms with Crippen LogP contribution in [-0.2, 0) is 19.3 Å². The van der Waals surface area contributed by atoms with Crippen molar-refractivity contribution in [3.63, 3.8) is 0 Å². The highest BCUT2D eigenvalue weighted by atomic mass is 127. The molecular formula is C19H25F3IN5. The summed E-state index contributed by atoms with van der Waals surface area (Å²) in [4.78, 5) is 10.8. The van der Waals surface area contributed by atoms with Gasteiger partial charge in [0.1, 0.15) is 5.82 Å². The third-order valence-corrected chi connectivity index (χ3v) is 3.71. The SMILES string of the molecule is CCNC(=NCc1cccc(C(F)(F)F)c1)NCc1cccc(N(C)C)n1.I. The topological polar surface area (TPSA) is 52.6 Å². The Labute approximate surface area is 180 Å². The molecule has 1 aromatic carbocycles. The van der Waals surface area contributed by atoms with Crippen LogP contribution in [0.15, 0.2) is 47.5 Å². The first kappa shape index (κ1) is 24.0. The highest BCUT2D eigenvalue weighted by Crippen LogP contribution is 2.29. The van der Waals surface area contributed by atoms with Crippen LogP contribution in [0.4, 0.5) is 19.0 Å². The van der Waals surface area contributed by atoms with Crippen LogP contribution in [-0.4, -0.2) is 31.6 Å². The summed E-state index contributed by atoms with van der Waals surface area (Å²) in [6.45, 7) is 3.16. The maximum Gasteiger partial charge on any atom is 0.416 e. The van der Waals surface area contributed by atoms with Gasteiger partial charge in [0.15, 0.2) is 5.96 Å². The lowest BCUT2D eigenvalue weighted by atomic mass is 10.1. The molecule has 0 radical (unpaired) electrons. The molecule has 0 aliphatic carbocycles. The normalized spacial score (nSPS) is 11.6. The van der Waals surface area contributed by atoms with Gasteiger partial charge >= 0.3 is 6.18 Å². The Bertz CT molecular complexity index is 778. The maximum atomic E-state index is 12.8. The summed E-state index contributed by atoms with van der Waals surface area (Å²) in [7, 11) is 3.83. The Balaban J connectivity index is 0.00000392. The second kappa shape index (κ2) is 11.1. The molecule has 9 heteroatoms. The molecule has 0 aliphatic rings. The molecule has 0 bridgehead atoms. The number of nitrogens with zero attached hydrogens (tertiary/aromatic N) is 3. The molecule has 5 nitrogen and oxygen atoms in total. The fourth-order valence-corrected chi connectivity index (χ4v) is 2.35. The molecule has 2 N–H and O–H groups in total. The zero-order valence-electron chi connectivity index (χ0n) is 16.0. The minimum Gasteiger partial charge on any atom is -0.363 e. The van der Waals surface area contributed by atoms with Crippen molar-refractivity contribution < 1.29 is 13.2 Å². The molecule has 154 valence electrons. The summed E-state index contributed by atoms with van der Waals surface area (Å²) in [5.74, 6) is 1.37. The van der Waals surface area contributed by atoms with Crippen molar-refractivity contribution in [3.8, 4) is 0 Å². The van der Waals surface area contributed by atoms with Crippen molar-refractivity contribution in [2.45, 2.75) is 26.2 Å². The number of benzene rings is 1. The van der Waals surface area contributed by atoms with E-state index in [0.29, 0.717) is 24.6 Å². The van der Waals surface area contributed by atoms with Crippen LogP contribution in [0.25, 0.3) is 0 Å². The summed E-state index contributed by atoms with van der Waals surface area (Å²) in [6.07, 6.45) is -4.36. The van der Waals surface area contributed by atoms with Gasteiger partial charge < -0.3 is 15.5 Å². The molecule has 0 saturated carbocycles. The lowest BCUT2D eigenvalue weighted by Crippen LogP contribution is -2.37. The first-order valence-electron chi connectivity index (χ1n) is 8.61. The van der Waals surface area contributed by atoms with E-state index in [0.717, 1.165) is 23.6 Å². The molecule has 1 aromatic heterocycles. The molecule has 0 atom stereocenters. The van der Waals surface area contributed by atoms with Gasteiger partial charge in [0, 0.05) is 20.6 Å². The Morgan fingerprint density at radius 1 is 1.11 bits per heavy atom. The van der Waals surface area contributed by atoms with E-state index in [-0.39, 0.29) is 30.5 Å². The van der Waals surface area contributed by atoms with Crippen LogP contribution in [0.5, 0.6) is 0 Å². The monoisotopic (exact) mass is 507 g/mol. The Morgan fingerprint density at radius 2 is 1.82 bits per heavy atom. The summed E-state index contributed by atoms with van der Waals surface area (Å²) in [6, 6.07) is 10.9. The van der Waals surface area contributed by atoms with Crippen molar-refractivity contribution in [2.75, 3.05) is 25.5 Å². The van der Waals surface area contributed by atoms with Crippen LogP contribution in [0.3, 0.4) is 0 Å². The molecule has 0 spiro atoms. The van der Waals surface area contributed by atoms with Gasteiger partial charge in [-0.05, 0) is 36.8 Å². The Hall–Kier alpha value is -2.04. The Kier molecular flexibility index (Phi) is 9.50. The number of aromatic nitrogens is 1. The van der Waals surface area contributed by atoms with Gasteiger partial charge in [-0.25, -0.2) is 9.98 Å². The first-order chi connectivity index (χ1) is 12.8. The fourth-order valence-electron chi connectivity index (χ4n) is 2.35. The van der Waals surface area contributed by atoms with Crippen LogP contribution < -0.4 is 15.5 Å². The number of guanidine groups is 1. The molecule has 0 aliphatic heterocycles. The first-order valence-corrected chi connectivity index (χ1v) is 8.61. The summed E-state index contributed by atoms with van der Waals surface area (Å²) < 4.78 is 38.4. The number of aliphatic imine (C=N–C) groups is 1. The second-order valence-corrected chi connectivity index (χ2v) is 6.13. The number of anilines is 1. The van der Waals surface area contributed by atoms with E-state index >= 15 is 0 Å². The van der Waals surface area contributed by atoms with Gasteiger partial charge in [-0.1, -0.05) is 18.2 Å². The van der Waals surface area contributed by atoms with E-state index < -0.39 is 11.7 Å². The Morgan fingerprint density at radius 3 is 2.46 bits per heavy atom. The number of alkyl halides is 3. The van der Waals surface area contributed by atoms with Crippen LogP contribution in [0.1, 0.15) is 23.7 Å². The van der Waals surface area contributed by atoms with Crippen molar-refractivity contribution in [1.82, 2.24) is 15.6 Å². The zero-order valence-corrected chi connectivity index (χ0v) is 18.4. The van der Waals surface area contributed by atoms with Crippen molar-refractivity contribution >= 4 is 35.8 Å². The third-order valence-electron chi connectivity index (χ3n) is 3.71. The number of nitrogens with one attached hydrogen (secondary N) is 2. The predicted octanol–water partition coefficient (Wildman–Crippen LogP) is 4.04. The third kappa shape index (κ3) is 7.53. The van der Waals surface area contributed by atoms with E-state index in [4.69, 9.17) is 0 Å². The minimum atomic E-state index is -4.36. The number of halogens is 4. The molecule has 1 heterocycles. The van der Waals surface area contributed by atoms with Gasteiger partial charge in [0.2, 0.25) is 0 Å². The van der Waals surface area contributed by atoms with Crippen LogP contribution in [0, 0.1) is 0 Å². The van der Waals surface area contributed by atoms with E-state index in [9.17, 15) is 13.2 Å². The van der Waals surface area contributed by atoms with Gasteiger partial charge in [0.25, 0.3) is 0 Å². The maximum absolute atomic E-state index is 12.8. The average Bonchev–Trinajstić information content (AvgIpc) is 2.64. The fraction of sp³-hybridized carbons (Fsp3) is 0.368. The van der Waals surface area contributed by atoms with E-state index in [1.54, 1.807) is 6.07 Å². The molecule has 0 fully saturated rings. The molecular weight excluding hydrogens is 482 g/mol. The highest BCUT2D eigenvalue weighted by Gasteiger charge is 2.30. The molecule has 2 aromatic rings. The number of hydrogen-bond donors (Lipinski definition) is 2. The van der Waals surface area contributed by atoms with E-state index in [2.05, 4.69) is 20.6 Å². The predicted molar refractivity (Wildman–Crippen MR) is 117 cm³/mol.